The van der Waals surface area contributed by atoms with Crippen LogP contribution in [0.2, 0.25) is 5.02 Å². The molecule has 1 atom stereocenters. The fraction of sp³-hybridized carbons (Fsp3) is 0.333. The van der Waals surface area contributed by atoms with E-state index in [0.717, 1.165) is 12.2 Å². The van der Waals surface area contributed by atoms with E-state index in [0.29, 0.717) is 17.2 Å². The first-order valence-electron chi connectivity index (χ1n) is 5.18. The number of halogens is 2. The first-order chi connectivity index (χ1) is 7.74. The molecule has 1 N–H and O–H groups in total. The average Bonchev–Trinajstić information content (AvgIpc) is 2.77. The zero-order valence-corrected chi connectivity index (χ0v) is 9.72. The molecule has 86 valence electrons. The molecule has 0 saturated carbocycles. The van der Waals surface area contributed by atoms with Gasteiger partial charge in [-0.1, -0.05) is 17.7 Å². The topological polar surface area (TPSA) is 21.3 Å². The van der Waals surface area contributed by atoms with E-state index in [9.17, 15) is 4.39 Å². The van der Waals surface area contributed by atoms with Crippen LogP contribution in [0, 0.1) is 5.82 Å². The van der Waals surface area contributed by atoms with Gasteiger partial charge in [0.25, 0.3) is 0 Å². The number of hydrogen-bond donors (Lipinski definition) is 1. The summed E-state index contributed by atoms with van der Waals surface area (Å²) in [5, 5.41) is 3.44. The molecule has 0 fully saturated rings. The van der Waals surface area contributed by atoms with Crippen molar-refractivity contribution >= 4 is 11.6 Å². The molecule has 0 amide bonds. The van der Waals surface area contributed by atoms with Gasteiger partial charge in [0.1, 0.15) is 11.6 Å². The molecule has 0 spiro atoms. The van der Waals surface area contributed by atoms with Gasteiger partial charge in [-0.15, -0.1) is 0 Å². The smallest absolute Gasteiger partial charge is 0.129 e. The fourth-order valence-corrected chi connectivity index (χ4v) is 2.13. The monoisotopic (exact) mass is 241 g/mol. The molecule has 0 bridgehead atoms. The van der Waals surface area contributed by atoms with Crippen LogP contribution < -0.4 is 5.32 Å². The first-order valence-corrected chi connectivity index (χ1v) is 5.56. The number of ether oxygens (including phenoxy) is 1. The van der Waals surface area contributed by atoms with E-state index >= 15 is 0 Å². The van der Waals surface area contributed by atoms with E-state index < -0.39 is 0 Å². The molecule has 0 radical (unpaired) electrons. The van der Waals surface area contributed by atoms with Gasteiger partial charge in [-0.3, -0.25) is 0 Å². The molecular weight excluding hydrogens is 229 g/mol. The van der Waals surface area contributed by atoms with Crippen molar-refractivity contribution in [3.8, 4) is 0 Å². The molecule has 0 saturated heterocycles. The Balaban J connectivity index is 2.40. The van der Waals surface area contributed by atoms with Crippen molar-refractivity contribution in [1.29, 1.82) is 0 Å². The maximum Gasteiger partial charge on any atom is 0.129 e. The molecular formula is C12H13ClFNO. The van der Waals surface area contributed by atoms with Gasteiger partial charge in [0.2, 0.25) is 0 Å². The average molecular weight is 242 g/mol. The number of rotatable bonds is 3. The molecule has 1 aliphatic heterocycles. The summed E-state index contributed by atoms with van der Waals surface area (Å²) in [5.41, 5.74) is 0.444. The third kappa shape index (κ3) is 2.06. The lowest BCUT2D eigenvalue weighted by molar-refractivity contribution is 0.217. The lowest BCUT2D eigenvalue weighted by Crippen LogP contribution is -2.20. The second-order valence-corrected chi connectivity index (χ2v) is 4.01. The number of nitrogens with one attached hydrogen (secondary N) is 1. The Morgan fingerprint density at radius 1 is 1.50 bits per heavy atom. The predicted octanol–water partition coefficient (Wildman–Crippen LogP) is 3.04. The Morgan fingerprint density at radius 3 is 2.88 bits per heavy atom. The fourth-order valence-electron chi connectivity index (χ4n) is 1.85. The van der Waals surface area contributed by atoms with Gasteiger partial charge in [-0.05, 0) is 25.3 Å². The van der Waals surface area contributed by atoms with Crippen LogP contribution >= 0.6 is 11.6 Å². The zero-order chi connectivity index (χ0) is 11.5. The van der Waals surface area contributed by atoms with Gasteiger partial charge in [0.15, 0.2) is 0 Å². The van der Waals surface area contributed by atoms with Crippen molar-refractivity contribution in [3.05, 3.63) is 46.4 Å². The first kappa shape index (κ1) is 11.4. The highest BCUT2D eigenvalue weighted by Crippen LogP contribution is 2.32. The largest absolute Gasteiger partial charge is 0.496 e. The Kier molecular flexibility index (Phi) is 3.46. The molecule has 0 aliphatic carbocycles. The number of benzene rings is 1. The Hall–Kier alpha value is -1.06. The molecule has 0 aromatic heterocycles. The van der Waals surface area contributed by atoms with Crippen LogP contribution in [0.25, 0.3) is 0 Å². The number of likely N-dealkylation sites (N-methyl/N-ethyl adjacent to an activating group) is 1. The van der Waals surface area contributed by atoms with Crippen LogP contribution in [0.5, 0.6) is 0 Å². The highest BCUT2D eigenvalue weighted by atomic mass is 35.5. The minimum absolute atomic E-state index is 0.309. The minimum atomic E-state index is -0.316. The summed E-state index contributed by atoms with van der Waals surface area (Å²) in [6.45, 7) is 0.652. The standard InChI is InChI=1S/C12H13ClFNO/c1-15-12(10-6-3-7-16-10)11-8(13)4-2-5-9(11)14/h2,4-6,12,15H,3,7H2,1H3. The molecule has 1 heterocycles. The molecule has 1 aromatic carbocycles. The summed E-state index contributed by atoms with van der Waals surface area (Å²) >= 11 is 6.02. The Labute approximate surface area is 99.1 Å². The quantitative estimate of drug-likeness (QED) is 0.878. The molecule has 1 aromatic rings. The van der Waals surface area contributed by atoms with E-state index in [1.165, 1.54) is 6.07 Å². The van der Waals surface area contributed by atoms with Crippen molar-refractivity contribution in [3.63, 3.8) is 0 Å². The Morgan fingerprint density at radius 2 is 2.31 bits per heavy atom. The second-order valence-electron chi connectivity index (χ2n) is 3.60. The lowest BCUT2D eigenvalue weighted by Gasteiger charge is -2.19. The molecule has 4 heteroatoms. The van der Waals surface area contributed by atoms with E-state index in [-0.39, 0.29) is 11.9 Å². The van der Waals surface area contributed by atoms with Crippen LogP contribution in [0.1, 0.15) is 18.0 Å². The molecule has 2 rings (SSSR count). The van der Waals surface area contributed by atoms with Crippen LogP contribution in [0.15, 0.2) is 30.0 Å². The maximum atomic E-state index is 13.7. The summed E-state index contributed by atoms with van der Waals surface area (Å²) in [4.78, 5) is 0. The molecule has 1 unspecified atom stereocenters. The van der Waals surface area contributed by atoms with Crippen molar-refractivity contribution in [2.75, 3.05) is 13.7 Å². The van der Waals surface area contributed by atoms with Crippen LogP contribution in [-0.4, -0.2) is 13.7 Å². The van der Waals surface area contributed by atoms with Gasteiger partial charge >= 0.3 is 0 Å². The van der Waals surface area contributed by atoms with Crippen molar-refractivity contribution in [2.24, 2.45) is 0 Å². The predicted molar refractivity (Wildman–Crippen MR) is 61.9 cm³/mol. The van der Waals surface area contributed by atoms with E-state index in [1.54, 1.807) is 19.2 Å². The van der Waals surface area contributed by atoms with Crippen LogP contribution in [-0.2, 0) is 4.74 Å². The molecule has 1 aliphatic rings. The highest BCUT2D eigenvalue weighted by Gasteiger charge is 2.24. The third-order valence-electron chi connectivity index (χ3n) is 2.59. The van der Waals surface area contributed by atoms with Crippen molar-refractivity contribution < 1.29 is 9.13 Å². The summed E-state index contributed by atoms with van der Waals surface area (Å²) < 4.78 is 19.2. The normalized spacial score (nSPS) is 16.8. The summed E-state index contributed by atoms with van der Waals surface area (Å²) in [6, 6.07) is 4.37. The van der Waals surface area contributed by atoms with Crippen LogP contribution in [0.3, 0.4) is 0 Å². The maximum absolute atomic E-state index is 13.7. The lowest BCUT2D eigenvalue weighted by atomic mass is 10.0. The van der Waals surface area contributed by atoms with Gasteiger partial charge in [0.05, 0.1) is 12.6 Å². The Bertz CT molecular complexity index is 399. The summed E-state index contributed by atoms with van der Waals surface area (Å²) in [7, 11) is 1.76. The minimum Gasteiger partial charge on any atom is -0.496 e. The van der Waals surface area contributed by atoms with Crippen molar-refractivity contribution in [1.82, 2.24) is 5.32 Å². The van der Waals surface area contributed by atoms with Gasteiger partial charge < -0.3 is 10.1 Å². The zero-order valence-electron chi connectivity index (χ0n) is 8.97. The molecule has 16 heavy (non-hydrogen) atoms. The van der Waals surface area contributed by atoms with E-state index in [4.69, 9.17) is 16.3 Å². The van der Waals surface area contributed by atoms with Gasteiger partial charge in [-0.25, -0.2) is 4.39 Å². The third-order valence-corrected chi connectivity index (χ3v) is 2.92. The van der Waals surface area contributed by atoms with E-state index in [1.807, 2.05) is 6.08 Å². The van der Waals surface area contributed by atoms with Crippen molar-refractivity contribution in [2.45, 2.75) is 12.5 Å². The second kappa shape index (κ2) is 4.85. The summed E-state index contributed by atoms with van der Waals surface area (Å²) in [5.74, 6) is 0.428. The molecule has 2 nitrogen and oxygen atoms in total. The van der Waals surface area contributed by atoms with Crippen LogP contribution in [0.4, 0.5) is 4.39 Å². The highest BCUT2D eigenvalue weighted by molar-refractivity contribution is 6.31. The van der Waals surface area contributed by atoms with Gasteiger partial charge in [0, 0.05) is 17.0 Å². The SMILES string of the molecule is CNC(C1=CCCO1)c1c(F)cccc1Cl. The van der Waals surface area contributed by atoms with Gasteiger partial charge in [-0.2, -0.15) is 0 Å². The van der Waals surface area contributed by atoms with E-state index in [2.05, 4.69) is 5.32 Å². The summed E-state index contributed by atoms with van der Waals surface area (Å²) in [6.07, 6.45) is 2.82. The number of hydrogen-bond acceptors (Lipinski definition) is 2.